The molecule has 2 rings (SSSR count). The highest BCUT2D eigenvalue weighted by atomic mass is 32.2. The van der Waals surface area contributed by atoms with E-state index < -0.39 is 11.9 Å². The summed E-state index contributed by atoms with van der Waals surface area (Å²) in [6.07, 6.45) is 1.44. The number of likely N-dealkylation sites (tertiary alicyclic amines) is 1. The molecule has 1 saturated heterocycles. The van der Waals surface area contributed by atoms with Crippen LogP contribution in [0.5, 0.6) is 0 Å². The summed E-state index contributed by atoms with van der Waals surface area (Å²) in [5, 5.41) is 8.88. The highest BCUT2D eigenvalue weighted by Gasteiger charge is 2.30. The second kappa shape index (κ2) is 6.79. The molecule has 108 valence electrons. The molecule has 0 aliphatic carbocycles. The number of carbonyl (C=O) groups excluding carboxylic acids is 1. The van der Waals surface area contributed by atoms with Crippen LogP contribution in [0.25, 0.3) is 0 Å². The molecule has 1 N–H and O–H groups in total. The van der Waals surface area contributed by atoms with E-state index in [9.17, 15) is 9.59 Å². The predicted octanol–water partition coefficient (Wildman–Crippen LogP) is 2.49. The molecule has 0 aromatic heterocycles. The van der Waals surface area contributed by atoms with Gasteiger partial charge in [0.05, 0.1) is 11.2 Å². The van der Waals surface area contributed by atoms with Gasteiger partial charge in [-0.05, 0) is 31.9 Å². The number of carbonyl (C=O) groups is 2. The summed E-state index contributed by atoms with van der Waals surface area (Å²) >= 11 is 1.52. The van der Waals surface area contributed by atoms with Gasteiger partial charge in [0.1, 0.15) is 0 Å². The van der Waals surface area contributed by atoms with Gasteiger partial charge in [-0.25, -0.2) is 0 Å². The van der Waals surface area contributed by atoms with Crippen molar-refractivity contribution in [2.45, 2.75) is 29.9 Å². The zero-order valence-corrected chi connectivity index (χ0v) is 12.3. The summed E-state index contributed by atoms with van der Waals surface area (Å²) < 4.78 is 0. The normalized spacial score (nSPS) is 20.4. The van der Waals surface area contributed by atoms with E-state index in [4.69, 9.17) is 5.11 Å². The zero-order valence-electron chi connectivity index (χ0n) is 11.5. The summed E-state index contributed by atoms with van der Waals surface area (Å²) in [5.41, 5.74) is 0. The second-order valence-corrected chi connectivity index (χ2v) is 6.45. The van der Waals surface area contributed by atoms with Crippen LogP contribution < -0.4 is 0 Å². The molecule has 2 unspecified atom stereocenters. The first-order valence-electron chi connectivity index (χ1n) is 6.81. The number of carboxylic acid groups (broad SMARTS) is 1. The fourth-order valence-corrected chi connectivity index (χ4v) is 3.36. The van der Waals surface area contributed by atoms with Crippen molar-refractivity contribution in [3.05, 3.63) is 30.3 Å². The van der Waals surface area contributed by atoms with Gasteiger partial charge in [0.15, 0.2) is 0 Å². The molecule has 1 aliphatic heterocycles. The quantitative estimate of drug-likeness (QED) is 0.867. The first kappa shape index (κ1) is 14.9. The van der Waals surface area contributed by atoms with Crippen molar-refractivity contribution in [2.75, 3.05) is 13.1 Å². The Balaban J connectivity index is 1.94. The Bertz CT molecular complexity index is 477. The maximum Gasteiger partial charge on any atom is 0.308 e. The van der Waals surface area contributed by atoms with Crippen molar-refractivity contribution >= 4 is 23.6 Å². The van der Waals surface area contributed by atoms with E-state index in [0.29, 0.717) is 19.5 Å². The van der Waals surface area contributed by atoms with Crippen LogP contribution >= 0.6 is 11.8 Å². The number of benzene rings is 1. The van der Waals surface area contributed by atoms with Crippen molar-refractivity contribution in [2.24, 2.45) is 5.92 Å². The van der Waals surface area contributed by atoms with Gasteiger partial charge < -0.3 is 10.0 Å². The average Bonchev–Trinajstić information content (AvgIpc) is 2.47. The minimum atomic E-state index is -0.800. The van der Waals surface area contributed by atoms with Crippen LogP contribution in [-0.2, 0) is 9.59 Å². The summed E-state index contributed by atoms with van der Waals surface area (Å²) in [4.78, 5) is 26.2. The van der Waals surface area contributed by atoms with Gasteiger partial charge in [-0.15, -0.1) is 11.8 Å². The number of hydrogen-bond acceptors (Lipinski definition) is 3. The first-order valence-corrected chi connectivity index (χ1v) is 7.69. The third-order valence-electron chi connectivity index (χ3n) is 3.49. The lowest BCUT2D eigenvalue weighted by Crippen LogP contribution is -2.45. The predicted molar refractivity (Wildman–Crippen MR) is 78.7 cm³/mol. The number of hydrogen-bond donors (Lipinski definition) is 1. The van der Waals surface area contributed by atoms with Gasteiger partial charge in [0.2, 0.25) is 5.91 Å². The number of amides is 1. The Morgan fingerprint density at radius 2 is 2.05 bits per heavy atom. The molecule has 0 spiro atoms. The van der Waals surface area contributed by atoms with Gasteiger partial charge in [-0.3, -0.25) is 9.59 Å². The molecular formula is C15H19NO3S. The Morgan fingerprint density at radius 1 is 1.35 bits per heavy atom. The zero-order chi connectivity index (χ0) is 14.5. The highest BCUT2D eigenvalue weighted by Crippen LogP contribution is 2.26. The summed E-state index contributed by atoms with van der Waals surface area (Å²) in [7, 11) is 0. The first-order chi connectivity index (χ1) is 9.58. The van der Waals surface area contributed by atoms with E-state index in [0.717, 1.165) is 11.3 Å². The van der Waals surface area contributed by atoms with Gasteiger partial charge in [0.25, 0.3) is 0 Å². The number of aliphatic carboxylic acids is 1. The van der Waals surface area contributed by atoms with Crippen molar-refractivity contribution in [1.29, 1.82) is 0 Å². The average molecular weight is 293 g/mol. The van der Waals surface area contributed by atoms with Crippen LogP contribution in [0.2, 0.25) is 0 Å². The molecule has 20 heavy (non-hydrogen) atoms. The van der Waals surface area contributed by atoms with Gasteiger partial charge in [0, 0.05) is 18.0 Å². The lowest BCUT2D eigenvalue weighted by molar-refractivity contribution is -0.145. The molecule has 0 bridgehead atoms. The Morgan fingerprint density at radius 3 is 2.70 bits per heavy atom. The van der Waals surface area contributed by atoms with E-state index in [1.165, 1.54) is 11.8 Å². The SMILES string of the molecule is CC(Sc1ccccc1)C(=O)N1CCCC(C(=O)O)C1. The molecule has 0 saturated carbocycles. The molecule has 1 fully saturated rings. The standard InChI is InChI=1S/C15H19NO3S/c1-11(20-13-7-3-2-4-8-13)14(17)16-9-5-6-12(10-16)15(18)19/h2-4,7-8,11-12H,5-6,9-10H2,1H3,(H,18,19). The van der Waals surface area contributed by atoms with Crippen molar-refractivity contribution < 1.29 is 14.7 Å². The summed E-state index contributed by atoms with van der Waals surface area (Å²) in [6, 6.07) is 9.79. The number of rotatable bonds is 4. The Hall–Kier alpha value is -1.49. The summed E-state index contributed by atoms with van der Waals surface area (Å²) in [5.74, 6) is -1.18. The maximum absolute atomic E-state index is 12.4. The molecular weight excluding hydrogens is 274 g/mol. The molecule has 5 heteroatoms. The monoisotopic (exact) mass is 293 g/mol. The van der Waals surface area contributed by atoms with Gasteiger partial charge in [-0.2, -0.15) is 0 Å². The molecule has 1 aromatic carbocycles. The lowest BCUT2D eigenvalue weighted by atomic mass is 9.98. The van der Waals surface area contributed by atoms with Crippen LogP contribution in [0.4, 0.5) is 0 Å². The fourth-order valence-electron chi connectivity index (χ4n) is 2.39. The van der Waals surface area contributed by atoms with Crippen molar-refractivity contribution in [3.8, 4) is 0 Å². The van der Waals surface area contributed by atoms with E-state index in [-0.39, 0.29) is 11.2 Å². The lowest BCUT2D eigenvalue weighted by Gasteiger charge is -2.32. The van der Waals surface area contributed by atoms with Crippen LogP contribution in [0.1, 0.15) is 19.8 Å². The second-order valence-electron chi connectivity index (χ2n) is 5.03. The molecule has 4 nitrogen and oxygen atoms in total. The van der Waals surface area contributed by atoms with Crippen LogP contribution in [0.3, 0.4) is 0 Å². The van der Waals surface area contributed by atoms with Crippen LogP contribution in [-0.4, -0.2) is 40.2 Å². The number of nitrogens with zero attached hydrogens (tertiary/aromatic N) is 1. The molecule has 1 aromatic rings. The van der Waals surface area contributed by atoms with Crippen molar-refractivity contribution in [3.63, 3.8) is 0 Å². The van der Waals surface area contributed by atoms with E-state index in [1.807, 2.05) is 37.3 Å². The van der Waals surface area contributed by atoms with Gasteiger partial charge in [-0.1, -0.05) is 18.2 Å². The van der Waals surface area contributed by atoms with E-state index in [1.54, 1.807) is 4.90 Å². The molecule has 0 radical (unpaired) electrons. The Kier molecular flexibility index (Phi) is 5.06. The highest BCUT2D eigenvalue weighted by molar-refractivity contribution is 8.00. The molecule has 2 atom stereocenters. The maximum atomic E-state index is 12.4. The van der Waals surface area contributed by atoms with E-state index in [2.05, 4.69) is 0 Å². The molecule has 1 heterocycles. The van der Waals surface area contributed by atoms with Crippen LogP contribution in [0, 0.1) is 5.92 Å². The van der Waals surface area contributed by atoms with Crippen molar-refractivity contribution in [1.82, 2.24) is 4.90 Å². The molecule has 1 aliphatic rings. The third kappa shape index (κ3) is 3.76. The summed E-state index contributed by atoms with van der Waals surface area (Å²) in [6.45, 7) is 2.89. The van der Waals surface area contributed by atoms with Gasteiger partial charge >= 0.3 is 5.97 Å². The number of thioether (sulfide) groups is 1. The minimum absolute atomic E-state index is 0.0322. The van der Waals surface area contributed by atoms with Crippen LogP contribution in [0.15, 0.2) is 35.2 Å². The number of carboxylic acids is 1. The van der Waals surface area contributed by atoms with E-state index >= 15 is 0 Å². The molecule has 1 amide bonds. The fraction of sp³-hybridized carbons (Fsp3) is 0.467. The number of piperidine rings is 1. The minimum Gasteiger partial charge on any atom is -0.481 e. The Labute approximate surface area is 123 Å². The largest absolute Gasteiger partial charge is 0.481 e. The third-order valence-corrected chi connectivity index (χ3v) is 4.59. The topological polar surface area (TPSA) is 57.6 Å². The smallest absolute Gasteiger partial charge is 0.308 e.